The van der Waals surface area contributed by atoms with Gasteiger partial charge in [0.25, 0.3) is 0 Å². The Hall–Kier alpha value is -3.60. The van der Waals surface area contributed by atoms with Gasteiger partial charge in [0, 0.05) is 16.7 Å². The molecule has 0 radical (unpaired) electrons. The number of methoxy groups -OCH3 is 1. The predicted molar refractivity (Wildman–Crippen MR) is 105 cm³/mol. The van der Waals surface area contributed by atoms with E-state index in [1.54, 1.807) is 13.3 Å². The van der Waals surface area contributed by atoms with Crippen molar-refractivity contribution in [2.24, 2.45) is 10.2 Å². The molecule has 5 heteroatoms. The van der Waals surface area contributed by atoms with E-state index in [0.717, 1.165) is 22.4 Å². The molecule has 0 saturated heterocycles. The Morgan fingerprint density at radius 1 is 0.926 bits per heavy atom. The van der Waals surface area contributed by atoms with Crippen LogP contribution >= 0.6 is 0 Å². The molecule has 0 atom stereocenters. The van der Waals surface area contributed by atoms with E-state index < -0.39 is 0 Å². The first-order valence-electron chi connectivity index (χ1n) is 8.54. The molecule has 27 heavy (non-hydrogen) atoms. The second kappa shape index (κ2) is 7.74. The summed E-state index contributed by atoms with van der Waals surface area (Å²) < 4.78 is 16.2. The van der Waals surface area contributed by atoms with Gasteiger partial charge in [0.15, 0.2) is 11.5 Å². The van der Waals surface area contributed by atoms with E-state index in [-0.39, 0.29) is 6.79 Å². The van der Waals surface area contributed by atoms with E-state index in [2.05, 4.69) is 10.2 Å². The van der Waals surface area contributed by atoms with Crippen molar-refractivity contribution < 1.29 is 14.2 Å². The summed E-state index contributed by atoms with van der Waals surface area (Å²) in [6, 6.07) is 23.7. The van der Waals surface area contributed by atoms with Gasteiger partial charge in [-0.3, -0.25) is 0 Å². The van der Waals surface area contributed by atoms with Crippen molar-refractivity contribution in [1.29, 1.82) is 0 Å². The number of benzene rings is 3. The number of hydrogen-bond acceptors (Lipinski definition) is 5. The molecule has 0 unspecified atom stereocenters. The van der Waals surface area contributed by atoms with Crippen molar-refractivity contribution in [1.82, 2.24) is 0 Å². The van der Waals surface area contributed by atoms with Crippen molar-refractivity contribution in [2.75, 3.05) is 13.9 Å². The first-order chi connectivity index (χ1) is 13.3. The summed E-state index contributed by atoms with van der Waals surface area (Å²) in [4.78, 5) is 0. The van der Waals surface area contributed by atoms with Crippen LogP contribution in [-0.2, 0) is 0 Å². The van der Waals surface area contributed by atoms with Crippen molar-refractivity contribution in [2.45, 2.75) is 0 Å². The standard InChI is InChI=1S/C22H18N2O3/c1-25-19-12-16(13-20-22(19)27-15-26-20)14-23-24-21(17-8-4-2-5-9-17)18-10-6-3-7-11-18/h2-14H,15H2,1H3/b23-14-. The molecular formula is C22H18N2O3. The number of nitrogens with zero attached hydrogens (tertiary/aromatic N) is 2. The molecule has 134 valence electrons. The molecule has 1 heterocycles. The summed E-state index contributed by atoms with van der Waals surface area (Å²) in [6.45, 7) is 0.191. The summed E-state index contributed by atoms with van der Waals surface area (Å²) in [5, 5.41) is 8.79. The van der Waals surface area contributed by atoms with Gasteiger partial charge in [-0.15, -0.1) is 5.10 Å². The molecular weight excluding hydrogens is 340 g/mol. The Labute approximate surface area is 157 Å². The topological polar surface area (TPSA) is 52.4 Å². The van der Waals surface area contributed by atoms with Gasteiger partial charge >= 0.3 is 0 Å². The number of ether oxygens (including phenoxy) is 3. The summed E-state index contributed by atoms with van der Waals surface area (Å²) in [7, 11) is 1.60. The molecule has 0 aromatic heterocycles. The maximum Gasteiger partial charge on any atom is 0.231 e. The van der Waals surface area contributed by atoms with Gasteiger partial charge in [-0.2, -0.15) is 5.10 Å². The van der Waals surface area contributed by atoms with Gasteiger partial charge in [-0.25, -0.2) is 0 Å². The highest BCUT2D eigenvalue weighted by atomic mass is 16.7. The first-order valence-corrected chi connectivity index (χ1v) is 8.54. The summed E-state index contributed by atoms with van der Waals surface area (Å²) in [5.41, 5.74) is 3.63. The molecule has 1 aliphatic rings. The quantitative estimate of drug-likeness (QED) is 0.505. The van der Waals surface area contributed by atoms with E-state index in [1.807, 2.05) is 72.8 Å². The van der Waals surface area contributed by atoms with E-state index >= 15 is 0 Å². The lowest BCUT2D eigenvalue weighted by Gasteiger charge is -2.06. The van der Waals surface area contributed by atoms with Crippen LogP contribution in [0, 0.1) is 0 Å². The molecule has 0 amide bonds. The molecule has 4 rings (SSSR count). The Morgan fingerprint density at radius 2 is 1.59 bits per heavy atom. The van der Waals surface area contributed by atoms with Crippen LogP contribution in [0.3, 0.4) is 0 Å². The third kappa shape index (κ3) is 3.67. The minimum absolute atomic E-state index is 0.191. The molecule has 0 spiro atoms. The van der Waals surface area contributed by atoms with Gasteiger partial charge in [0.2, 0.25) is 12.5 Å². The number of rotatable bonds is 5. The minimum atomic E-state index is 0.191. The fourth-order valence-corrected chi connectivity index (χ4v) is 2.85. The van der Waals surface area contributed by atoms with Crippen LogP contribution in [0.4, 0.5) is 0 Å². The zero-order valence-electron chi connectivity index (χ0n) is 14.8. The third-order valence-electron chi connectivity index (χ3n) is 4.14. The number of hydrogen-bond donors (Lipinski definition) is 0. The average Bonchev–Trinajstić information content (AvgIpc) is 3.20. The maximum absolute atomic E-state index is 5.45. The fourth-order valence-electron chi connectivity index (χ4n) is 2.85. The van der Waals surface area contributed by atoms with E-state index in [0.29, 0.717) is 17.2 Å². The van der Waals surface area contributed by atoms with Gasteiger partial charge in [-0.1, -0.05) is 60.7 Å². The second-order valence-corrected chi connectivity index (χ2v) is 5.88. The minimum Gasteiger partial charge on any atom is -0.493 e. The molecule has 0 aliphatic carbocycles. The molecule has 0 saturated carbocycles. The second-order valence-electron chi connectivity index (χ2n) is 5.88. The van der Waals surface area contributed by atoms with Crippen LogP contribution in [0.2, 0.25) is 0 Å². The summed E-state index contributed by atoms with van der Waals surface area (Å²) in [5.74, 6) is 1.88. The first kappa shape index (κ1) is 16.8. The van der Waals surface area contributed by atoms with E-state index in [1.165, 1.54) is 0 Å². The highest BCUT2D eigenvalue weighted by Crippen LogP contribution is 2.41. The third-order valence-corrected chi connectivity index (χ3v) is 4.14. The summed E-state index contributed by atoms with van der Waals surface area (Å²) >= 11 is 0. The number of fused-ring (bicyclic) bond motifs is 1. The smallest absolute Gasteiger partial charge is 0.231 e. The average molecular weight is 358 g/mol. The van der Waals surface area contributed by atoms with Crippen LogP contribution < -0.4 is 14.2 Å². The molecule has 1 aliphatic heterocycles. The Morgan fingerprint density at radius 3 is 2.22 bits per heavy atom. The highest BCUT2D eigenvalue weighted by Gasteiger charge is 2.19. The SMILES string of the molecule is COc1cc(/C=N\N=C(c2ccccc2)c2ccccc2)cc2c1OCO2. The van der Waals surface area contributed by atoms with Crippen LogP contribution in [0.25, 0.3) is 0 Å². The van der Waals surface area contributed by atoms with Crippen LogP contribution in [0.15, 0.2) is 83.0 Å². The lowest BCUT2D eigenvalue weighted by Crippen LogP contribution is -2.02. The zero-order chi connectivity index (χ0) is 18.5. The van der Waals surface area contributed by atoms with Crippen LogP contribution in [0.1, 0.15) is 16.7 Å². The lowest BCUT2D eigenvalue weighted by atomic mass is 10.0. The summed E-state index contributed by atoms with van der Waals surface area (Å²) in [6.07, 6.45) is 1.68. The molecule has 0 N–H and O–H groups in total. The van der Waals surface area contributed by atoms with Crippen molar-refractivity contribution in [3.8, 4) is 17.2 Å². The zero-order valence-corrected chi connectivity index (χ0v) is 14.8. The molecule has 3 aromatic rings. The van der Waals surface area contributed by atoms with Gasteiger partial charge in [-0.05, 0) is 12.1 Å². The van der Waals surface area contributed by atoms with Crippen molar-refractivity contribution in [3.05, 3.63) is 89.5 Å². The van der Waals surface area contributed by atoms with E-state index in [9.17, 15) is 0 Å². The molecule has 3 aromatic carbocycles. The highest BCUT2D eigenvalue weighted by molar-refractivity contribution is 6.12. The fraction of sp³-hybridized carbons (Fsp3) is 0.0909. The van der Waals surface area contributed by atoms with Crippen molar-refractivity contribution in [3.63, 3.8) is 0 Å². The monoisotopic (exact) mass is 358 g/mol. The van der Waals surface area contributed by atoms with Gasteiger partial charge < -0.3 is 14.2 Å². The Kier molecular flexibility index (Phi) is 4.83. The predicted octanol–water partition coefficient (Wildman–Crippen LogP) is 4.30. The normalized spacial score (nSPS) is 12.2. The lowest BCUT2D eigenvalue weighted by molar-refractivity contribution is 0.171. The van der Waals surface area contributed by atoms with Gasteiger partial charge in [0.05, 0.1) is 13.3 Å². The molecule has 5 nitrogen and oxygen atoms in total. The van der Waals surface area contributed by atoms with Gasteiger partial charge in [0.1, 0.15) is 5.71 Å². The molecule has 0 bridgehead atoms. The molecule has 0 fully saturated rings. The Bertz CT molecular complexity index is 942. The maximum atomic E-state index is 5.45. The largest absolute Gasteiger partial charge is 0.493 e. The van der Waals surface area contributed by atoms with E-state index in [4.69, 9.17) is 14.2 Å². The van der Waals surface area contributed by atoms with Crippen molar-refractivity contribution >= 4 is 11.9 Å². The Balaban J connectivity index is 1.68. The van der Waals surface area contributed by atoms with Crippen LogP contribution in [-0.4, -0.2) is 25.8 Å². The van der Waals surface area contributed by atoms with Crippen LogP contribution in [0.5, 0.6) is 17.2 Å².